The second-order valence-electron chi connectivity index (χ2n) is 18.9. The van der Waals surface area contributed by atoms with Crippen LogP contribution in [0.15, 0.2) is 42.0 Å². The van der Waals surface area contributed by atoms with Gasteiger partial charge < -0.3 is 40.2 Å². The van der Waals surface area contributed by atoms with Crippen molar-refractivity contribution in [3.63, 3.8) is 0 Å². The largest absolute Gasteiger partial charge is 0.460 e. The van der Waals surface area contributed by atoms with E-state index >= 15 is 0 Å². The van der Waals surface area contributed by atoms with Gasteiger partial charge in [-0.05, 0) is 89.5 Å². The van der Waals surface area contributed by atoms with Gasteiger partial charge in [-0.15, -0.1) is 0 Å². The molecule has 2 saturated carbocycles. The first-order valence-corrected chi connectivity index (χ1v) is 22.4. The summed E-state index contributed by atoms with van der Waals surface area (Å²) in [5.74, 6) is -1.71. The number of allylic oxidation sites excluding steroid dienone is 1. The molecule has 1 aromatic rings. The lowest BCUT2D eigenvalue weighted by molar-refractivity contribution is -0.173. The molecule has 5 rings (SSSR count). The summed E-state index contributed by atoms with van der Waals surface area (Å²) >= 11 is 0. The van der Waals surface area contributed by atoms with Crippen molar-refractivity contribution in [1.29, 1.82) is 0 Å². The highest BCUT2D eigenvalue weighted by Gasteiger charge is 2.72. The summed E-state index contributed by atoms with van der Waals surface area (Å²) in [6.45, 7) is 15.0. The Labute approximate surface area is 357 Å². The molecule has 2 amide bonds. The van der Waals surface area contributed by atoms with E-state index in [0.29, 0.717) is 25.9 Å². The molecule has 13 nitrogen and oxygen atoms in total. The third-order valence-corrected chi connectivity index (χ3v) is 12.8. The van der Waals surface area contributed by atoms with E-state index in [4.69, 9.17) is 18.9 Å². The Morgan fingerprint density at radius 1 is 0.917 bits per heavy atom. The lowest BCUT2D eigenvalue weighted by atomic mass is 9.68. The maximum Gasteiger partial charge on any atom is 0.306 e. The molecular formula is C47H72N4O9. The molecule has 2 aliphatic carbocycles. The first-order chi connectivity index (χ1) is 28.5. The molecule has 4 N–H and O–H groups in total. The molecule has 1 spiro atoms. The predicted molar refractivity (Wildman–Crippen MR) is 229 cm³/mol. The molecule has 334 valence electrons. The standard InChI is InChI=1S/C47H72N4O9/c1-29(2)14-19-38-46(7,60-38)45-44(57-8)37(20-22-47(45)28-58-47)59-41(54)26-33-15-17-34(18-16-33)50-39(52)21-23-48-35(24-30(3)4)42(55)43(56)36(25-32-12-10-9-11-13-32)51-40(53)27-49-31(5)6/h9-14,30-31,33-38,44-45,48-49H,15-28H2,1-8H3,(H,50,52)(H,51,53)/t33?,34?,35-,36-,37?,38+,44?,45?,46-,47-/m0/s1. The Bertz CT molecular complexity index is 1650. The van der Waals surface area contributed by atoms with Crippen LogP contribution < -0.4 is 21.3 Å². The molecular weight excluding hydrogens is 765 g/mol. The highest BCUT2D eigenvalue weighted by molar-refractivity contribution is 6.41. The number of amides is 2. The summed E-state index contributed by atoms with van der Waals surface area (Å²) in [7, 11) is 1.69. The molecule has 60 heavy (non-hydrogen) atoms. The van der Waals surface area contributed by atoms with E-state index in [-0.39, 0.29) is 97.5 Å². The Morgan fingerprint density at radius 2 is 1.60 bits per heavy atom. The fourth-order valence-electron chi connectivity index (χ4n) is 9.39. The lowest BCUT2D eigenvalue weighted by Crippen LogP contribution is -2.55. The minimum atomic E-state index is -1.01. The van der Waals surface area contributed by atoms with Gasteiger partial charge in [0.2, 0.25) is 23.4 Å². The Kier molecular flexibility index (Phi) is 17.1. The number of epoxide rings is 2. The number of ketones is 2. The first-order valence-electron chi connectivity index (χ1n) is 22.4. The van der Waals surface area contributed by atoms with Crippen molar-refractivity contribution in [2.24, 2.45) is 17.8 Å². The number of esters is 1. The molecule has 0 radical (unpaired) electrons. The molecule has 8 atom stereocenters. The number of nitrogens with one attached hydrogen (secondary N) is 4. The second kappa shape index (κ2) is 21.5. The van der Waals surface area contributed by atoms with Gasteiger partial charge in [0.15, 0.2) is 0 Å². The van der Waals surface area contributed by atoms with Crippen molar-refractivity contribution >= 4 is 29.4 Å². The second-order valence-corrected chi connectivity index (χ2v) is 18.9. The minimum absolute atomic E-state index is 0.00254. The molecule has 13 heteroatoms. The Balaban J connectivity index is 1.06. The summed E-state index contributed by atoms with van der Waals surface area (Å²) in [5.41, 5.74) is 1.42. The van der Waals surface area contributed by atoms with Crippen LogP contribution in [0.25, 0.3) is 0 Å². The van der Waals surface area contributed by atoms with E-state index in [0.717, 1.165) is 44.1 Å². The zero-order chi connectivity index (χ0) is 43.6. The summed E-state index contributed by atoms with van der Waals surface area (Å²) in [6.07, 6.45) is 8.15. The molecule has 0 bridgehead atoms. The number of carbonyl (C=O) groups is 5. The molecule has 0 aromatic heterocycles. The van der Waals surface area contributed by atoms with E-state index in [1.54, 1.807) is 7.11 Å². The SMILES string of the molecule is COC1C(OC(=O)CC2CCC(NC(=O)CCN[C@@H](CC(C)C)C(=O)C(=O)[C@H](Cc3ccccc3)NC(=O)CNC(C)C)CC2)CC[C@]2(CO2)C1[C@@]1(C)O[C@@H]1CC=C(C)C. The zero-order valence-electron chi connectivity index (χ0n) is 37.3. The van der Waals surface area contributed by atoms with Gasteiger partial charge in [0.25, 0.3) is 0 Å². The number of hydrogen-bond acceptors (Lipinski definition) is 11. The highest BCUT2D eigenvalue weighted by atomic mass is 16.6. The van der Waals surface area contributed by atoms with Crippen LogP contribution in [0.4, 0.5) is 0 Å². The van der Waals surface area contributed by atoms with Gasteiger partial charge >= 0.3 is 5.97 Å². The van der Waals surface area contributed by atoms with Gasteiger partial charge in [-0.2, -0.15) is 0 Å². The fourth-order valence-corrected chi connectivity index (χ4v) is 9.39. The van der Waals surface area contributed by atoms with Crippen LogP contribution in [0.2, 0.25) is 0 Å². The van der Waals surface area contributed by atoms with Crippen LogP contribution in [0.3, 0.4) is 0 Å². The Hall–Kier alpha value is -3.49. The van der Waals surface area contributed by atoms with E-state index in [9.17, 15) is 24.0 Å². The normalized spacial score (nSPS) is 29.4. The number of methoxy groups -OCH3 is 1. The van der Waals surface area contributed by atoms with Crippen LogP contribution in [0.5, 0.6) is 0 Å². The number of hydrogen-bond donors (Lipinski definition) is 4. The van der Waals surface area contributed by atoms with Gasteiger partial charge in [0.05, 0.1) is 37.3 Å². The molecule has 2 saturated heterocycles. The number of rotatable bonds is 23. The van der Waals surface area contributed by atoms with Crippen molar-refractivity contribution in [2.45, 2.75) is 173 Å². The third-order valence-electron chi connectivity index (χ3n) is 12.8. The van der Waals surface area contributed by atoms with E-state index < -0.39 is 29.3 Å². The lowest BCUT2D eigenvalue weighted by Gasteiger charge is -2.42. The average Bonchev–Trinajstić information content (AvgIpc) is 4.12. The van der Waals surface area contributed by atoms with E-state index in [2.05, 4.69) is 48.1 Å². The predicted octanol–water partition coefficient (Wildman–Crippen LogP) is 4.93. The monoisotopic (exact) mass is 837 g/mol. The van der Waals surface area contributed by atoms with Crippen molar-refractivity contribution < 1.29 is 42.9 Å². The maximum absolute atomic E-state index is 13.7. The van der Waals surface area contributed by atoms with Crippen LogP contribution in [0.1, 0.15) is 118 Å². The van der Waals surface area contributed by atoms with Crippen LogP contribution >= 0.6 is 0 Å². The average molecular weight is 837 g/mol. The number of carbonyl (C=O) groups excluding carboxylic acids is 5. The first kappa shape index (κ1) is 47.6. The molecule has 4 fully saturated rings. The van der Waals surface area contributed by atoms with Gasteiger partial charge in [-0.25, -0.2) is 0 Å². The summed E-state index contributed by atoms with van der Waals surface area (Å²) in [5, 5.41) is 12.2. The smallest absolute Gasteiger partial charge is 0.306 e. The van der Waals surface area contributed by atoms with Gasteiger partial charge in [0.1, 0.15) is 23.4 Å². The molecule has 2 aliphatic heterocycles. The van der Waals surface area contributed by atoms with E-state index in [1.807, 2.05) is 58.0 Å². The molecule has 3 unspecified atom stereocenters. The van der Waals surface area contributed by atoms with Crippen molar-refractivity contribution in [2.75, 3.05) is 26.8 Å². The number of Topliss-reactive ketones (excluding diaryl/α,β-unsaturated/α-hetero) is 2. The van der Waals surface area contributed by atoms with Crippen molar-refractivity contribution in [1.82, 2.24) is 21.3 Å². The van der Waals surface area contributed by atoms with E-state index in [1.165, 1.54) is 5.57 Å². The quantitative estimate of drug-likeness (QED) is 0.0509. The molecule has 4 aliphatic rings. The maximum atomic E-state index is 13.7. The summed E-state index contributed by atoms with van der Waals surface area (Å²) in [6, 6.07) is 7.58. The number of ether oxygens (including phenoxy) is 4. The zero-order valence-corrected chi connectivity index (χ0v) is 37.3. The fraction of sp³-hybridized carbons (Fsp3) is 0.723. The minimum Gasteiger partial charge on any atom is -0.460 e. The Morgan fingerprint density at radius 3 is 2.22 bits per heavy atom. The van der Waals surface area contributed by atoms with Gasteiger partial charge in [-0.1, -0.05) is 69.7 Å². The van der Waals surface area contributed by atoms with Gasteiger partial charge in [-0.3, -0.25) is 24.0 Å². The number of benzene rings is 1. The van der Waals surface area contributed by atoms with Crippen LogP contribution in [-0.2, 0) is 49.3 Å². The van der Waals surface area contributed by atoms with Crippen molar-refractivity contribution in [3.8, 4) is 0 Å². The molecule has 2 heterocycles. The topological polar surface area (TPSA) is 177 Å². The highest BCUT2D eigenvalue weighted by Crippen LogP contribution is 2.59. The summed E-state index contributed by atoms with van der Waals surface area (Å²) < 4.78 is 24.6. The van der Waals surface area contributed by atoms with Crippen LogP contribution in [-0.4, -0.2) is 110 Å². The summed E-state index contributed by atoms with van der Waals surface area (Å²) in [4.78, 5) is 66.6. The third kappa shape index (κ3) is 13.3. The van der Waals surface area contributed by atoms with Gasteiger partial charge in [0, 0.05) is 45.0 Å². The van der Waals surface area contributed by atoms with Crippen molar-refractivity contribution in [3.05, 3.63) is 47.5 Å². The van der Waals surface area contributed by atoms with Crippen LogP contribution in [0, 0.1) is 17.8 Å². The molecule has 1 aromatic carbocycles.